The number of rotatable bonds is 2. The highest BCUT2D eigenvalue weighted by molar-refractivity contribution is 5.88. The maximum Gasteiger partial charge on any atom is 0.265 e. The van der Waals surface area contributed by atoms with Gasteiger partial charge < -0.3 is 5.73 Å². The van der Waals surface area contributed by atoms with Crippen molar-refractivity contribution < 1.29 is 4.79 Å². The molecule has 2 N–H and O–H groups in total. The van der Waals surface area contributed by atoms with Gasteiger partial charge in [0, 0.05) is 12.3 Å². The van der Waals surface area contributed by atoms with E-state index >= 15 is 0 Å². The van der Waals surface area contributed by atoms with Crippen molar-refractivity contribution in [2.45, 2.75) is 0 Å². The molecule has 2 aromatic rings. The Kier molecular flexibility index (Phi) is 2.51. The quantitative estimate of drug-likeness (QED) is 0.734. The highest BCUT2D eigenvalue weighted by atomic mass is 16.1. The molecule has 0 saturated carbocycles. The number of para-hydroxylation sites is 1. The molecule has 0 aliphatic heterocycles. The van der Waals surface area contributed by atoms with E-state index in [2.05, 4.69) is 4.98 Å². The van der Waals surface area contributed by atoms with Gasteiger partial charge in [-0.15, -0.1) is 0 Å². The van der Waals surface area contributed by atoms with Crippen molar-refractivity contribution in [3.05, 3.63) is 47.0 Å². The number of nitrogens with two attached hydrogens (primary N) is 1. The number of amides is 1. The molecule has 0 unspecified atom stereocenters. The van der Waals surface area contributed by atoms with Gasteiger partial charge in [-0.25, -0.2) is 4.98 Å². The lowest BCUT2D eigenvalue weighted by molar-refractivity contribution is -0.113. The minimum atomic E-state index is -0.611. The van der Waals surface area contributed by atoms with Crippen molar-refractivity contribution in [2.24, 2.45) is 5.73 Å². The van der Waals surface area contributed by atoms with Gasteiger partial charge >= 0.3 is 0 Å². The molecule has 1 aromatic carbocycles. The molecule has 0 saturated heterocycles. The molecule has 0 radical (unpaired) electrons. The number of nitrogens with zero attached hydrogens (tertiary/aromatic N) is 2. The van der Waals surface area contributed by atoms with Gasteiger partial charge in [0.2, 0.25) is 5.91 Å². The summed E-state index contributed by atoms with van der Waals surface area (Å²) in [4.78, 5) is 26.5. The van der Waals surface area contributed by atoms with Crippen LogP contribution in [0.2, 0.25) is 0 Å². The second-order valence-electron chi connectivity index (χ2n) is 3.19. The highest BCUT2D eigenvalue weighted by Gasteiger charge is 2.00. The van der Waals surface area contributed by atoms with Gasteiger partial charge in [0.05, 0.1) is 10.9 Å². The number of hydrogen-bond donors (Lipinski definition) is 1. The van der Waals surface area contributed by atoms with E-state index in [4.69, 9.17) is 5.73 Å². The van der Waals surface area contributed by atoms with Crippen molar-refractivity contribution in [1.29, 1.82) is 0 Å². The van der Waals surface area contributed by atoms with Gasteiger partial charge in [-0.05, 0) is 12.1 Å². The SMILES string of the molecule is NC(=O)/C=C/n1cnc2ccccc2c1=O. The van der Waals surface area contributed by atoms with E-state index in [1.165, 1.54) is 17.1 Å². The molecule has 0 spiro atoms. The minimum Gasteiger partial charge on any atom is -0.366 e. The maximum absolute atomic E-state index is 11.9. The number of hydrogen-bond acceptors (Lipinski definition) is 3. The van der Waals surface area contributed by atoms with Crippen LogP contribution in [0.4, 0.5) is 0 Å². The fourth-order valence-corrected chi connectivity index (χ4v) is 1.34. The average Bonchev–Trinajstić information content (AvgIpc) is 2.28. The van der Waals surface area contributed by atoms with Crippen molar-refractivity contribution >= 4 is 23.0 Å². The topological polar surface area (TPSA) is 78.0 Å². The van der Waals surface area contributed by atoms with Crippen molar-refractivity contribution in [3.8, 4) is 0 Å². The van der Waals surface area contributed by atoms with Crippen LogP contribution >= 0.6 is 0 Å². The zero-order valence-corrected chi connectivity index (χ0v) is 8.33. The van der Waals surface area contributed by atoms with Crippen LogP contribution in [0.1, 0.15) is 0 Å². The Bertz CT molecular complexity index is 628. The van der Waals surface area contributed by atoms with Gasteiger partial charge in [-0.3, -0.25) is 14.2 Å². The molecule has 80 valence electrons. The normalized spacial score (nSPS) is 11.0. The lowest BCUT2D eigenvalue weighted by atomic mass is 10.2. The number of carbonyl (C=O) groups is 1. The molecule has 1 amide bonds. The Morgan fingerprint density at radius 2 is 2.12 bits per heavy atom. The van der Waals surface area contributed by atoms with E-state index in [1.807, 2.05) is 0 Å². The first-order chi connectivity index (χ1) is 7.68. The van der Waals surface area contributed by atoms with Crippen molar-refractivity contribution in [2.75, 3.05) is 0 Å². The fraction of sp³-hybridized carbons (Fsp3) is 0. The van der Waals surface area contributed by atoms with E-state index in [0.717, 1.165) is 6.08 Å². The number of carbonyl (C=O) groups excluding carboxylic acids is 1. The summed E-state index contributed by atoms with van der Waals surface area (Å²) < 4.78 is 1.22. The van der Waals surface area contributed by atoms with Crippen LogP contribution in [-0.4, -0.2) is 15.5 Å². The third-order valence-electron chi connectivity index (χ3n) is 2.09. The summed E-state index contributed by atoms with van der Waals surface area (Å²) in [6.45, 7) is 0. The second kappa shape index (κ2) is 3.98. The first kappa shape index (κ1) is 10.1. The Morgan fingerprint density at radius 3 is 2.88 bits per heavy atom. The van der Waals surface area contributed by atoms with Gasteiger partial charge in [-0.2, -0.15) is 0 Å². The van der Waals surface area contributed by atoms with Crippen LogP contribution < -0.4 is 11.3 Å². The average molecular weight is 215 g/mol. The molecule has 5 heteroatoms. The van der Waals surface area contributed by atoms with Crippen LogP contribution in [-0.2, 0) is 4.79 Å². The number of primary amides is 1. The van der Waals surface area contributed by atoms with Gasteiger partial charge in [-0.1, -0.05) is 12.1 Å². The predicted molar refractivity (Wildman–Crippen MR) is 60.5 cm³/mol. The highest BCUT2D eigenvalue weighted by Crippen LogP contribution is 2.04. The summed E-state index contributed by atoms with van der Waals surface area (Å²) in [7, 11) is 0. The first-order valence-corrected chi connectivity index (χ1v) is 4.62. The number of aromatic nitrogens is 2. The summed E-state index contributed by atoms with van der Waals surface area (Å²) in [5, 5.41) is 0.499. The summed E-state index contributed by atoms with van der Waals surface area (Å²) in [5.74, 6) is -0.611. The third-order valence-corrected chi connectivity index (χ3v) is 2.09. The number of fused-ring (bicyclic) bond motifs is 1. The van der Waals surface area contributed by atoms with Gasteiger partial charge in [0.15, 0.2) is 0 Å². The van der Waals surface area contributed by atoms with Crippen molar-refractivity contribution in [3.63, 3.8) is 0 Å². The molecule has 2 rings (SSSR count). The van der Waals surface area contributed by atoms with E-state index < -0.39 is 5.91 Å². The zero-order chi connectivity index (χ0) is 11.5. The molecule has 0 bridgehead atoms. The Morgan fingerprint density at radius 1 is 1.38 bits per heavy atom. The van der Waals surface area contributed by atoms with Crippen LogP contribution in [0.15, 0.2) is 41.5 Å². The van der Waals surface area contributed by atoms with Gasteiger partial charge in [0.25, 0.3) is 5.56 Å². The molecule has 0 aliphatic carbocycles. The Balaban J connectivity index is 2.61. The lowest BCUT2D eigenvalue weighted by Crippen LogP contribution is -2.17. The number of benzene rings is 1. The molecule has 0 atom stereocenters. The molecule has 1 heterocycles. The van der Waals surface area contributed by atoms with Gasteiger partial charge in [0.1, 0.15) is 6.33 Å². The Hall–Kier alpha value is -2.43. The van der Waals surface area contributed by atoms with E-state index in [0.29, 0.717) is 10.9 Å². The van der Waals surface area contributed by atoms with Crippen LogP contribution in [0.25, 0.3) is 17.1 Å². The summed E-state index contributed by atoms with van der Waals surface area (Å²) >= 11 is 0. The summed E-state index contributed by atoms with van der Waals surface area (Å²) in [6.07, 6.45) is 3.76. The monoisotopic (exact) mass is 215 g/mol. The van der Waals surface area contributed by atoms with Crippen LogP contribution in [0, 0.1) is 0 Å². The lowest BCUT2D eigenvalue weighted by Gasteiger charge is -1.99. The molecule has 1 aromatic heterocycles. The summed E-state index contributed by atoms with van der Waals surface area (Å²) in [5.41, 5.74) is 5.33. The van der Waals surface area contributed by atoms with Crippen molar-refractivity contribution in [1.82, 2.24) is 9.55 Å². The molecule has 5 nitrogen and oxygen atoms in total. The standard InChI is InChI=1S/C11H9N3O2/c12-10(15)5-6-14-7-13-9-4-2-1-3-8(9)11(14)16/h1-7H,(H2,12,15)/b6-5+. The zero-order valence-electron chi connectivity index (χ0n) is 8.33. The second-order valence-corrected chi connectivity index (χ2v) is 3.19. The van der Waals surface area contributed by atoms with E-state index in [9.17, 15) is 9.59 Å². The van der Waals surface area contributed by atoms with Crippen LogP contribution in [0.5, 0.6) is 0 Å². The largest absolute Gasteiger partial charge is 0.366 e. The third kappa shape index (κ3) is 1.83. The van der Waals surface area contributed by atoms with Crippen LogP contribution in [0.3, 0.4) is 0 Å². The first-order valence-electron chi connectivity index (χ1n) is 4.62. The van der Waals surface area contributed by atoms with E-state index in [1.54, 1.807) is 24.3 Å². The smallest absolute Gasteiger partial charge is 0.265 e. The van der Waals surface area contributed by atoms with E-state index in [-0.39, 0.29) is 5.56 Å². The maximum atomic E-state index is 11.9. The fourth-order valence-electron chi connectivity index (χ4n) is 1.34. The Labute approximate surface area is 90.8 Å². The summed E-state index contributed by atoms with van der Waals surface area (Å²) in [6, 6.07) is 6.99. The predicted octanol–water partition coefficient (Wildman–Crippen LogP) is 0.352. The molecule has 0 fully saturated rings. The molecule has 16 heavy (non-hydrogen) atoms. The molecular formula is C11H9N3O2. The minimum absolute atomic E-state index is 0.233. The molecular weight excluding hydrogens is 206 g/mol. The molecule has 0 aliphatic rings.